The highest BCUT2D eigenvalue weighted by atomic mass is 16.5. The fourth-order valence-electron chi connectivity index (χ4n) is 2.39. The first-order valence-corrected chi connectivity index (χ1v) is 7.44. The molecule has 110 valence electrons. The van der Waals surface area contributed by atoms with E-state index in [0.717, 1.165) is 25.1 Å². The van der Waals surface area contributed by atoms with Gasteiger partial charge in [0.15, 0.2) is 5.82 Å². The van der Waals surface area contributed by atoms with Crippen LogP contribution in [0.4, 0.5) is 17.2 Å². The minimum Gasteiger partial charge on any atom is -0.477 e. The van der Waals surface area contributed by atoms with Gasteiger partial charge in [0, 0.05) is 17.9 Å². The molecule has 1 aromatic heterocycles. The highest BCUT2D eigenvalue weighted by Gasteiger charge is 2.09. The van der Waals surface area contributed by atoms with Gasteiger partial charge in [-0.3, -0.25) is 4.98 Å². The molecule has 2 aromatic rings. The first-order chi connectivity index (χ1) is 10.3. The number of benzene rings is 1. The Balaban J connectivity index is 1.74. The van der Waals surface area contributed by atoms with Gasteiger partial charge in [0.05, 0.1) is 19.0 Å². The van der Waals surface area contributed by atoms with Crippen molar-refractivity contribution < 1.29 is 4.74 Å². The van der Waals surface area contributed by atoms with Crippen molar-refractivity contribution >= 4 is 17.2 Å². The van der Waals surface area contributed by atoms with Gasteiger partial charge in [-0.2, -0.15) is 4.98 Å². The maximum absolute atomic E-state index is 5.50. The molecule has 0 atom stereocenters. The molecule has 0 spiro atoms. The van der Waals surface area contributed by atoms with Crippen molar-refractivity contribution in [3.63, 3.8) is 0 Å². The summed E-state index contributed by atoms with van der Waals surface area (Å²) in [6.07, 6.45) is 6.59. The number of nitrogens with zero attached hydrogens (tertiary/aromatic N) is 2. The van der Waals surface area contributed by atoms with E-state index in [-0.39, 0.29) is 0 Å². The zero-order valence-corrected chi connectivity index (χ0v) is 12.2. The van der Waals surface area contributed by atoms with Crippen molar-refractivity contribution in [3.05, 3.63) is 36.2 Å². The molecule has 0 saturated heterocycles. The number of fused-ring (bicyclic) bond motifs is 1. The molecule has 0 fully saturated rings. The molecular formula is C16H20N4O. The lowest BCUT2D eigenvalue weighted by Crippen LogP contribution is -2.11. The van der Waals surface area contributed by atoms with Crippen LogP contribution in [0.3, 0.4) is 0 Å². The van der Waals surface area contributed by atoms with Crippen LogP contribution in [-0.2, 0) is 6.42 Å². The lowest BCUT2D eigenvalue weighted by atomic mass is 10.0. The molecule has 0 radical (unpaired) electrons. The zero-order chi connectivity index (χ0) is 14.5. The van der Waals surface area contributed by atoms with E-state index in [1.165, 1.54) is 17.7 Å². The van der Waals surface area contributed by atoms with Gasteiger partial charge in [0.25, 0.3) is 0 Å². The first kappa shape index (κ1) is 13.7. The number of anilines is 3. The molecule has 1 aliphatic heterocycles. The van der Waals surface area contributed by atoms with E-state index in [4.69, 9.17) is 4.74 Å². The average Bonchev–Trinajstić information content (AvgIpc) is 2.53. The minimum absolute atomic E-state index is 0.557. The van der Waals surface area contributed by atoms with Gasteiger partial charge in [-0.1, -0.05) is 6.92 Å². The zero-order valence-electron chi connectivity index (χ0n) is 12.2. The smallest absolute Gasteiger partial charge is 0.234 e. The van der Waals surface area contributed by atoms with Crippen molar-refractivity contribution in [2.24, 2.45) is 0 Å². The summed E-state index contributed by atoms with van der Waals surface area (Å²) in [7, 11) is 0. The predicted octanol–water partition coefficient (Wildman–Crippen LogP) is 3.37. The molecule has 1 aromatic carbocycles. The van der Waals surface area contributed by atoms with Crippen LogP contribution in [-0.4, -0.2) is 23.1 Å². The van der Waals surface area contributed by atoms with Crippen LogP contribution < -0.4 is 15.4 Å². The summed E-state index contributed by atoms with van der Waals surface area (Å²) in [5.41, 5.74) is 3.61. The summed E-state index contributed by atoms with van der Waals surface area (Å²) >= 11 is 0. The van der Waals surface area contributed by atoms with E-state index in [2.05, 4.69) is 45.7 Å². The van der Waals surface area contributed by atoms with Crippen molar-refractivity contribution in [1.29, 1.82) is 0 Å². The Labute approximate surface area is 124 Å². The topological polar surface area (TPSA) is 59.1 Å². The molecule has 1 aliphatic rings. The average molecular weight is 284 g/mol. The Kier molecular flexibility index (Phi) is 4.19. The monoisotopic (exact) mass is 284 g/mol. The van der Waals surface area contributed by atoms with Gasteiger partial charge in [-0.25, -0.2) is 0 Å². The number of nitrogens with one attached hydrogen (secondary N) is 2. The highest BCUT2D eigenvalue weighted by Crippen LogP contribution is 2.26. The quantitative estimate of drug-likeness (QED) is 0.881. The van der Waals surface area contributed by atoms with Crippen LogP contribution >= 0.6 is 0 Å². The third-order valence-electron chi connectivity index (χ3n) is 3.38. The molecule has 0 aliphatic carbocycles. The molecule has 0 amide bonds. The molecule has 0 bridgehead atoms. The maximum atomic E-state index is 5.50. The van der Waals surface area contributed by atoms with Gasteiger partial charge >= 0.3 is 0 Å². The molecule has 0 saturated carbocycles. The lowest BCUT2D eigenvalue weighted by Gasteiger charge is -2.19. The van der Waals surface area contributed by atoms with Crippen LogP contribution in [0.1, 0.15) is 25.3 Å². The Morgan fingerprint density at radius 3 is 3.19 bits per heavy atom. The third kappa shape index (κ3) is 3.42. The largest absolute Gasteiger partial charge is 0.477 e. The molecule has 0 unspecified atom stereocenters. The normalized spacial score (nSPS) is 13.2. The number of hydrogen-bond donors (Lipinski definition) is 2. The van der Waals surface area contributed by atoms with Crippen LogP contribution in [0.15, 0.2) is 30.6 Å². The third-order valence-corrected chi connectivity index (χ3v) is 3.38. The van der Waals surface area contributed by atoms with Crippen LogP contribution in [0, 0.1) is 0 Å². The second-order valence-electron chi connectivity index (χ2n) is 5.12. The molecular weight excluding hydrogens is 264 g/mol. The highest BCUT2D eigenvalue weighted by molar-refractivity contribution is 5.64. The van der Waals surface area contributed by atoms with Crippen LogP contribution in [0.5, 0.6) is 5.88 Å². The van der Waals surface area contributed by atoms with E-state index >= 15 is 0 Å². The van der Waals surface area contributed by atoms with Crippen molar-refractivity contribution in [2.45, 2.75) is 26.2 Å². The van der Waals surface area contributed by atoms with Crippen LogP contribution in [0.2, 0.25) is 0 Å². The molecule has 5 nitrogen and oxygen atoms in total. The molecule has 2 N–H and O–H groups in total. The second-order valence-corrected chi connectivity index (χ2v) is 5.12. The molecule has 3 rings (SSSR count). The minimum atomic E-state index is 0.557. The van der Waals surface area contributed by atoms with E-state index in [1.54, 1.807) is 12.4 Å². The second kappa shape index (κ2) is 6.43. The summed E-state index contributed by atoms with van der Waals surface area (Å²) in [5, 5.41) is 6.70. The molecule has 5 heteroatoms. The number of rotatable bonds is 5. The standard InChI is InChI=1S/C16H20N4O/c1-2-8-21-16-11-17-10-15(20-16)19-13-5-6-14-12(9-13)4-3-7-18-14/h5-6,9-11,18H,2-4,7-8H2,1H3,(H,19,20). The van der Waals surface area contributed by atoms with E-state index in [1.807, 2.05) is 0 Å². The number of ether oxygens (including phenoxy) is 1. The van der Waals surface area contributed by atoms with Gasteiger partial charge in [-0.05, 0) is 43.0 Å². The first-order valence-electron chi connectivity index (χ1n) is 7.44. The van der Waals surface area contributed by atoms with Crippen LogP contribution in [0.25, 0.3) is 0 Å². The summed E-state index contributed by atoms with van der Waals surface area (Å²) < 4.78 is 5.50. The summed E-state index contributed by atoms with van der Waals surface area (Å²) in [6, 6.07) is 6.34. The maximum Gasteiger partial charge on any atom is 0.234 e. The van der Waals surface area contributed by atoms with E-state index in [9.17, 15) is 0 Å². The van der Waals surface area contributed by atoms with Crippen molar-refractivity contribution in [1.82, 2.24) is 9.97 Å². The summed E-state index contributed by atoms with van der Waals surface area (Å²) in [6.45, 7) is 3.78. The SMILES string of the molecule is CCCOc1cncc(Nc2ccc3c(c2)CCCN3)n1. The fraction of sp³-hybridized carbons (Fsp3) is 0.375. The fourth-order valence-corrected chi connectivity index (χ4v) is 2.39. The van der Waals surface area contributed by atoms with Crippen molar-refractivity contribution in [3.8, 4) is 5.88 Å². The van der Waals surface area contributed by atoms with Gasteiger partial charge < -0.3 is 15.4 Å². The number of aromatic nitrogens is 2. The summed E-state index contributed by atoms with van der Waals surface area (Å²) in [4.78, 5) is 8.56. The molecule has 21 heavy (non-hydrogen) atoms. The van der Waals surface area contributed by atoms with Gasteiger partial charge in [0.1, 0.15) is 0 Å². The lowest BCUT2D eigenvalue weighted by molar-refractivity contribution is 0.304. The Morgan fingerprint density at radius 2 is 2.29 bits per heavy atom. The van der Waals surface area contributed by atoms with Gasteiger partial charge in [0.2, 0.25) is 5.88 Å². The number of hydrogen-bond acceptors (Lipinski definition) is 5. The Bertz CT molecular complexity index is 615. The Morgan fingerprint density at radius 1 is 1.33 bits per heavy atom. The summed E-state index contributed by atoms with van der Waals surface area (Å²) in [5.74, 6) is 1.26. The van der Waals surface area contributed by atoms with E-state index in [0.29, 0.717) is 18.3 Å². The van der Waals surface area contributed by atoms with Crippen molar-refractivity contribution in [2.75, 3.05) is 23.8 Å². The predicted molar refractivity (Wildman–Crippen MR) is 84.4 cm³/mol. The van der Waals surface area contributed by atoms with Gasteiger partial charge in [-0.15, -0.1) is 0 Å². The number of aryl methyl sites for hydroxylation is 1. The molecule has 2 heterocycles. The van der Waals surface area contributed by atoms with E-state index < -0.39 is 0 Å². The Hall–Kier alpha value is -2.30.